The number of hydrogen-bond donors (Lipinski definition) is 0. The third-order valence-corrected chi connectivity index (χ3v) is 4.08. The lowest BCUT2D eigenvalue weighted by molar-refractivity contribution is -0.143. The van der Waals surface area contributed by atoms with Crippen LogP contribution in [0.4, 0.5) is 5.13 Å². The highest BCUT2D eigenvalue weighted by atomic mass is 32.1. The third kappa shape index (κ3) is 4.18. The molecule has 112 valence electrons. The summed E-state index contributed by atoms with van der Waals surface area (Å²) < 4.78 is 10.6. The van der Waals surface area contributed by atoms with Gasteiger partial charge in [0.1, 0.15) is 0 Å². The second-order valence-corrected chi connectivity index (χ2v) is 6.29. The molecule has 0 amide bonds. The molecule has 1 fully saturated rings. The van der Waals surface area contributed by atoms with Gasteiger partial charge in [0.2, 0.25) is 0 Å². The number of ether oxygens (including phenoxy) is 2. The molecule has 0 atom stereocenters. The van der Waals surface area contributed by atoms with E-state index in [-0.39, 0.29) is 11.6 Å². The molecule has 5 nitrogen and oxygen atoms in total. The number of nitrogens with zero attached hydrogens (tertiary/aromatic N) is 2. The van der Waals surface area contributed by atoms with Gasteiger partial charge in [0.25, 0.3) is 0 Å². The Morgan fingerprint density at radius 2 is 2.40 bits per heavy atom. The smallest absolute Gasteiger partial charge is 0.306 e. The van der Waals surface area contributed by atoms with Gasteiger partial charge in [-0.05, 0) is 20.8 Å². The van der Waals surface area contributed by atoms with Crippen LogP contribution in [-0.2, 0) is 20.7 Å². The van der Waals surface area contributed by atoms with Crippen LogP contribution in [0.5, 0.6) is 0 Å². The first-order chi connectivity index (χ1) is 9.50. The molecular weight excluding hydrogens is 276 g/mol. The first-order valence-corrected chi connectivity index (χ1v) is 7.87. The molecule has 1 aromatic heterocycles. The van der Waals surface area contributed by atoms with Crippen LogP contribution in [0.15, 0.2) is 5.38 Å². The Hall–Kier alpha value is -1.14. The molecule has 0 radical (unpaired) electrons. The minimum atomic E-state index is -0.158. The van der Waals surface area contributed by atoms with Crippen LogP contribution in [-0.4, -0.2) is 42.9 Å². The van der Waals surface area contributed by atoms with E-state index in [9.17, 15) is 4.79 Å². The highest BCUT2D eigenvalue weighted by molar-refractivity contribution is 7.13. The average molecular weight is 298 g/mol. The van der Waals surface area contributed by atoms with Crippen molar-refractivity contribution in [2.24, 2.45) is 0 Å². The number of carbonyl (C=O) groups excluding carboxylic acids is 1. The van der Waals surface area contributed by atoms with Crippen molar-refractivity contribution in [1.82, 2.24) is 4.98 Å². The molecule has 1 aliphatic heterocycles. The number of aryl methyl sites for hydroxylation is 1. The molecule has 0 spiro atoms. The van der Waals surface area contributed by atoms with Crippen LogP contribution in [0.3, 0.4) is 0 Å². The Labute approximate surface area is 123 Å². The van der Waals surface area contributed by atoms with E-state index in [0.717, 1.165) is 30.5 Å². The van der Waals surface area contributed by atoms with Crippen molar-refractivity contribution in [1.29, 1.82) is 0 Å². The highest BCUT2D eigenvalue weighted by Crippen LogP contribution is 2.26. The Balaban J connectivity index is 1.90. The summed E-state index contributed by atoms with van der Waals surface area (Å²) >= 11 is 1.63. The molecule has 0 N–H and O–H groups in total. The zero-order chi connectivity index (χ0) is 14.6. The summed E-state index contributed by atoms with van der Waals surface area (Å²) in [7, 11) is 0. The molecule has 0 aliphatic carbocycles. The van der Waals surface area contributed by atoms with E-state index in [1.54, 1.807) is 11.3 Å². The van der Waals surface area contributed by atoms with Gasteiger partial charge in [-0.3, -0.25) is 4.79 Å². The molecule has 6 heteroatoms. The van der Waals surface area contributed by atoms with Gasteiger partial charge in [-0.1, -0.05) is 0 Å². The van der Waals surface area contributed by atoms with Crippen LogP contribution in [0.1, 0.15) is 32.9 Å². The maximum Gasteiger partial charge on any atom is 0.306 e. The molecule has 0 unspecified atom stereocenters. The van der Waals surface area contributed by atoms with E-state index in [2.05, 4.69) is 23.7 Å². The standard InChI is InChI=1S/C14H22N2O3S/c1-4-18-12(17)6-5-11-9-20-13(15-11)16-7-8-19-14(2,3)10-16/h9H,4-8,10H2,1-3H3. The summed E-state index contributed by atoms with van der Waals surface area (Å²) in [5.74, 6) is -0.158. The molecule has 0 aromatic carbocycles. The fraction of sp³-hybridized carbons (Fsp3) is 0.714. The zero-order valence-electron chi connectivity index (χ0n) is 12.3. The molecule has 2 rings (SSSR count). The van der Waals surface area contributed by atoms with Crippen LogP contribution in [0.25, 0.3) is 0 Å². The van der Waals surface area contributed by atoms with Crippen molar-refractivity contribution in [3.05, 3.63) is 11.1 Å². The number of aromatic nitrogens is 1. The van der Waals surface area contributed by atoms with Crippen LogP contribution in [0, 0.1) is 0 Å². The van der Waals surface area contributed by atoms with Gasteiger partial charge in [-0.15, -0.1) is 11.3 Å². The highest BCUT2D eigenvalue weighted by Gasteiger charge is 2.28. The second kappa shape index (κ2) is 6.54. The Morgan fingerprint density at radius 1 is 1.60 bits per heavy atom. The predicted octanol–water partition coefficient (Wildman–Crippen LogP) is 2.25. The van der Waals surface area contributed by atoms with E-state index >= 15 is 0 Å². The van der Waals surface area contributed by atoms with Gasteiger partial charge in [0, 0.05) is 24.9 Å². The number of hydrogen-bond acceptors (Lipinski definition) is 6. The first kappa shape index (κ1) is 15.3. The van der Waals surface area contributed by atoms with Gasteiger partial charge in [-0.2, -0.15) is 0 Å². The van der Waals surface area contributed by atoms with E-state index in [0.29, 0.717) is 19.4 Å². The second-order valence-electron chi connectivity index (χ2n) is 5.46. The molecule has 0 bridgehead atoms. The fourth-order valence-corrected chi connectivity index (χ4v) is 3.09. The summed E-state index contributed by atoms with van der Waals surface area (Å²) in [6.45, 7) is 8.88. The Morgan fingerprint density at radius 3 is 3.10 bits per heavy atom. The SMILES string of the molecule is CCOC(=O)CCc1csc(N2CCOC(C)(C)C2)n1. The lowest BCUT2D eigenvalue weighted by Crippen LogP contribution is -2.48. The van der Waals surface area contributed by atoms with E-state index in [1.165, 1.54) is 0 Å². The van der Waals surface area contributed by atoms with Crippen molar-refractivity contribution in [2.45, 2.75) is 39.2 Å². The number of rotatable bonds is 5. The zero-order valence-corrected chi connectivity index (χ0v) is 13.2. The largest absolute Gasteiger partial charge is 0.466 e. The summed E-state index contributed by atoms with van der Waals surface area (Å²) in [6.07, 6.45) is 1.04. The molecule has 20 heavy (non-hydrogen) atoms. The van der Waals surface area contributed by atoms with Gasteiger partial charge in [-0.25, -0.2) is 4.98 Å². The molecule has 1 aromatic rings. The van der Waals surface area contributed by atoms with Gasteiger partial charge >= 0.3 is 5.97 Å². The number of anilines is 1. The Bertz CT molecular complexity index is 459. The predicted molar refractivity (Wildman–Crippen MR) is 79.3 cm³/mol. The lowest BCUT2D eigenvalue weighted by Gasteiger charge is -2.37. The maximum atomic E-state index is 11.3. The van der Waals surface area contributed by atoms with E-state index in [4.69, 9.17) is 9.47 Å². The minimum absolute atomic E-state index is 0.130. The molecular formula is C14H22N2O3S. The van der Waals surface area contributed by atoms with Crippen LogP contribution < -0.4 is 4.90 Å². The maximum absolute atomic E-state index is 11.3. The van der Waals surface area contributed by atoms with Crippen LogP contribution >= 0.6 is 11.3 Å². The summed E-state index contributed by atoms with van der Waals surface area (Å²) in [6, 6.07) is 0. The third-order valence-electron chi connectivity index (χ3n) is 3.13. The average Bonchev–Trinajstić information content (AvgIpc) is 2.84. The van der Waals surface area contributed by atoms with Crippen LogP contribution in [0.2, 0.25) is 0 Å². The van der Waals surface area contributed by atoms with Crippen molar-refractivity contribution < 1.29 is 14.3 Å². The monoisotopic (exact) mass is 298 g/mol. The van der Waals surface area contributed by atoms with Crippen molar-refractivity contribution >= 4 is 22.4 Å². The van der Waals surface area contributed by atoms with Crippen molar-refractivity contribution in [2.75, 3.05) is 31.2 Å². The number of esters is 1. The molecule has 0 saturated carbocycles. The quantitative estimate of drug-likeness (QED) is 0.780. The van der Waals surface area contributed by atoms with Crippen molar-refractivity contribution in [3.63, 3.8) is 0 Å². The molecule has 2 heterocycles. The lowest BCUT2D eigenvalue weighted by atomic mass is 10.1. The summed E-state index contributed by atoms with van der Waals surface area (Å²) in [5.41, 5.74) is 0.831. The molecule has 1 aliphatic rings. The van der Waals surface area contributed by atoms with Gasteiger partial charge in [0.15, 0.2) is 5.13 Å². The first-order valence-electron chi connectivity index (χ1n) is 6.99. The fourth-order valence-electron chi connectivity index (χ4n) is 2.20. The topological polar surface area (TPSA) is 51.7 Å². The number of thiazole rings is 1. The summed E-state index contributed by atoms with van der Waals surface area (Å²) in [4.78, 5) is 18.2. The number of carbonyl (C=O) groups is 1. The minimum Gasteiger partial charge on any atom is -0.466 e. The summed E-state index contributed by atoms with van der Waals surface area (Å²) in [5, 5.41) is 3.04. The van der Waals surface area contributed by atoms with Gasteiger partial charge < -0.3 is 14.4 Å². The van der Waals surface area contributed by atoms with E-state index < -0.39 is 0 Å². The van der Waals surface area contributed by atoms with Gasteiger partial charge in [0.05, 0.1) is 30.9 Å². The normalized spacial score (nSPS) is 18.1. The van der Waals surface area contributed by atoms with E-state index in [1.807, 2.05) is 12.3 Å². The Kier molecular flexibility index (Phi) is 4.99. The molecule has 1 saturated heterocycles. The number of morpholine rings is 1. The van der Waals surface area contributed by atoms with Crippen molar-refractivity contribution in [3.8, 4) is 0 Å².